The molecule has 104 valence electrons. The minimum absolute atomic E-state index is 0.208. The maximum Gasteiger partial charge on any atom is 0.254 e. The van der Waals surface area contributed by atoms with Crippen LogP contribution < -0.4 is 0 Å². The quantitative estimate of drug-likeness (QED) is 0.753. The topological polar surface area (TPSA) is 20.3 Å². The van der Waals surface area contributed by atoms with Crippen molar-refractivity contribution in [3.8, 4) is 0 Å². The molecule has 1 atom stereocenters. The van der Waals surface area contributed by atoms with E-state index in [9.17, 15) is 4.79 Å². The second-order valence-electron chi connectivity index (χ2n) is 5.58. The molecule has 0 saturated carbocycles. The summed E-state index contributed by atoms with van der Waals surface area (Å²) in [5.74, 6) is 0.208. The van der Waals surface area contributed by atoms with Crippen molar-refractivity contribution in [2.45, 2.75) is 46.1 Å². The van der Waals surface area contributed by atoms with Gasteiger partial charge in [-0.3, -0.25) is 4.79 Å². The lowest BCUT2D eigenvalue weighted by atomic mass is 9.96. The zero-order chi connectivity index (χ0) is 14.0. The first-order valence-electron chi connectivity index (χ1n) is 6.99. The van der Waals surface area contributed by atoms with Crippen LogP contribution in [0.15, 0.2) is 12.1 Å². The predicted molar refractivity (Wildman–Crippen MR) is 83.1 cm³/mol. The lowest BCUT2D eigenvalue weighted by molar-refractivity contribution is 0.0640. The first kappa shape index (κ1) is 14.6. The SMILES string of the molecule is Cc1cc(C)c(C(=O)N2CCCCC2CBr)c(C)c1. The smallest absolute Gasteiger partial charge is 0.254 e. The molecule has 0 N–H and O–H groups in total. The Labute approximate surface area is 124 Å². The molecule has 1 aliphatic rings. The van der Waals surface area contributed by atoms with Gasteiger partial charge in [-0.1, -0.05) is 33.6 Å². The Morgan fingerprint density at radius 3 is 2.47 bits per heavy atom. The highest BCUT2D eigenvalue weighted by Gasteiger charge is 2.28. The van der Waals surface area contributed by atoms with Crippen molar-refractivity contribution in [2.75, 3.05) is 11.9 Å². The number of likely N-dealkylation sites (tertiary alicyclic amines) is 1. The molecule has 0 aliphatic carbocycles. The zero-order valence-electron chi connectivity index (χ0n) is 12.0. The van der Waals surface area contributed by atoms with E-state index in [2.05, 4.69) is 39.9 Å². The molecule has 1 amide bonds. The molecule has 1 aliphatic heterocycles. The number of amides is 1. The van der Waals surface area contributed by atoms with E-state index in [1.165, 1.54) is 12.0 Å². The molecule has 1 unspecified atom stereocenters. The predicted octanol–water partition coefficient (Wildman–Crippen LogP) is 4.00. The molecule has 3 heteroatoms. The molecule has 2 rings (SSSR count). The lowest BCUT2D eigenvalue weighted by Crippen LogP contribution is -2.45. The molecule has 0 aromatic heterocycles. The van der Waals surface area contributed by atoms with Gasteiger partial charge in [0.2, 0.25) is 0 Å². The maximum atomic E-state index is 12.8. The van der Waals surface area contributed by atoms with Crippen LogP contribution >= 0.6 is 15.9 Å². The van der Waals surface area contributed by atoms with Crippen molar-refractivity contribution < 1.29 is 4.79 Å². The average molecular weight is 324 g/mol. The van der Waals surface area contributed by atoms with Gasteiger partial charge in [0.1, 0.15) is 0 Å². The third-order valence-electron chi connectivity index (χ3n) is 3.96. The van der Waals surface area contributed by atoms with Crippen molar-refractivity contribution in [1.29, 1.82) is 0 Å². The number of alkyl halides is 1. The summed E-state index contributed by atoms with van der Waals surface area (Å²) in [6, 6.07) is 4.56. The number of aryl methyl sites for hydroxylation is 3. The molecular weight excluding hydrogens is 302 g/mol. The maximum absolute atomic E-state index is 12.8. The normalized spacial score (nSPS) is 19.6. The summed E-state index contributed by atoms with van der Waals surface area (Å²) >= 11 is 3.55. The van der Waals surface area contributed by atoms with Gasteiger partial charge in [-0.2, -0.15) is 0 Å². The van der Waals surface area contributed by atoms with Crippen LogP contribution in [0.5, 0.6) is 0 Å². The second kappa shape index (κ2) is 6.08. The number of nitrogens with zero attached hydrogens (tertiary/aromatic N) is 1. The van der Waals surface area contributed by atoms with Gasteiger partial charge in [-0.05, 0) is 51.2 Å². The molecule has 0 radical (unpaired) electrons. The largest absolute Gasteiger partial charge is 0.335 e. The molecule has 2 nitrogen and oxygen atoms in total. The second-order valence-corrected chi connectivity index (χ2v) is 6.22. The standard InChI is InChI=1S/C16H22BrNO/c1-11-8-12(2)15(13(3)9-11)16(19)18-7-5-4-6-14(18)10-17/h8-9,14H,4-7,10H2,1-3H3. The minimum Gasteiger partial charge on any atom is -0.335 e. The fourth-order valence-corrected chi connectivity index (χ4v) is 3.76. The number of hydrogen-bond acceptors (Lipinski definition) is 1. The van der Waals surface area contributed by atoms with Crippen molar-refractivity contribution in [1.82, 2.24) is 4.90 Å². The van der Waals surface area contributed by atoms with E-state index >= 15 is 0 Å². The highest BCUT2D eigenvalue weighted by molar-refractivity contribution is 9.09. The summed E-state index contributed by atoms with van der Waals surface area (Å²) in [6.07, 6.45) is 3.46. The van der Waals surface area contributed by atoms with Crippen LogP contribution in [0.3, 0.4) is 0 Å². The number of carbonyl (C=O) groups excluding carboxylic acids is 1. The van der Waals surface area contributed by atoms with Crippen molar-refractivity contribution >= 4 is 21.8 Å². The lowest BCUT2D eigenvalue weighted by Gasteiger charge is -2.35. The number of piperidine rings is 1. The van der Waals surface area contributed by atoms with E-state index < -0.39 is 0 Å². The number of benzene rings is 1. The van der Waals surface area contributed by atoms with E-state index in [0.29, 0.717) is 6.04 Å². The summed E-state index contributed by atoms with van der Waals surface area (Å²) < 4.78 is 0. The summed E-state index contributed by atoms with van der Waals surface area (Å²) in [5, 5.41) is 0.878. The Hall–Kier alpha value is -0.830. The third-order valence-corrected chi connectivity index (χ3v) is 4.70. The van der Waals surface area contributed by atoms with Gasteiger partial charge in [0, 0.05) is 23.5 Å². The highest BCUT2D eigenvalue weighted by atomic mass is 79.9. The fraction of sp³-hybridized carbons (Fsp3) is 0.562. The van der Waals surface area contributed by atoms with Gasteiger partial charge in [-0.15, -0.1) is 0 Å². The van der Waals surface area contributed by atoms with Crippen LogP contribution in [-0.4, -0.2) is 28.7 Å². The number of hydrogen-bond donors (Lipinski definition) is 0. The summed E-state index contributed by atoms with van der Waals surface area (Å²) in [7, 11) is 0. The van der Waals surface area contributed by atoms with Crippen LogP contribution in [0.25, 0.3) is 0 Å². The molecular formula is C16H22BrNO. The fourth-order valence-electron chi connectivity index (χ4n) is 3.09. The van der Waals surface area contributed by atoms with Gasteiger partial charge in [0.05, 0.1) is 0 Å². The van der Waals surface area contributed by atoms with E-state index in [4.69, 9.17) is 0 Å². The van der Waals surface area contributed by atoms with E-state index in [-0.39, 0.29) is 5.91 Å². The minimum atomic E-state index is 0.208. The number of carbonyl (C=O) groups is 1. The molecule has 1 aromatic rings. The first-order valence-corrected chi connectivity index (χ1v) is 8.11. The van der Waals surface area contributed by atoms with E-state index in [1.54, 1.807) is 0 Å². The summed E-state index contributed by atoms with van der Waals surface area (Å²) in [6.45, 7) is 7.05. The van der Waals surface area contributed by atoms with Gasteiger partial charge >= 0.3 is 0 Å². The van der Waals surface area contributed by atoms with Crippen molar-refractivity contribution in [3.63, 3.8) is 0 Å². The third kappa shape index (κ3) is 3.02. The molecule has 1 saturated heterocycles. The van der Waals surface area contributed by atoms with Crippen LogP contribution in [0, 0.1) is 20.8 Å². The Morgan fingerprint density at radius 2 is 1.89 bits per heavy atom. The number of halogens is 1. The molecule has 1 fully saturated rings. The Kier molecular flexibility index (Phi) is 4.67. The van der Waals surface area contributed by atoms with E-state index in [0.717, 1.165) is 41.4 Å². The van der Waals surface area contributed by atoms with Crippen LogP contribution in [0.4, 0.5) is 0 Å². The zero-order valence-corrected chi connectivity index (χ0v) is 13.6. The Morgan fingerprint density at radius 1 is 1.26 bits per heavy atom. The van der Waals surface area contributed by atoms with Crippen LogP contribution in [0.1, 0.15) is 46.3 Å². The monoisotopic (exact) mass is 323 g/mol. The molecule has 19 heavy (non-hydrogen) atoms. The highest BCUT2D eigenvalue weighted by Crippen LogP contribution is 2.24. The molecule has 1 aromatic carbocycles. The van der Waals surface area contributed by atoms with Crippen molar-refractivity contribution in [2.24, 2.45) is 0 Å². The first-order chi connectivity index (χ1) is 9.04. The summed E-state index contributed by atoms with van der Waals surface area (Å²) in [5.41, 5.74) is 4.32. The Bertz CT molecular complexity index is 461. The van der Waals surface area contributed by atoms with Crippen LogP contribution in [0.2, 0.25) is 0 Å². The van der Waals surface area contributed by atoms with Gasteiger partial charge in [0.25, 0.3) is 5.91 Å². The van der Waals surface area contributed by atoms with Gasteiger partial charge < -0.3 is 4.90 Å². The number of rotatable bonds is 2. The van der Waals surface area contributed by atoms with Crippen LogP contribution in [-0.2, 0) is 0 Å². The molecule has 0 bridgehead atoms. The van der Waals surface area contributed by atoms with Gasteiger partial charge in [0.15, 0.2) is 0 Å². The Balaban J connectivity index is 2.33. The van der Waals surface area contributed by atoms with Crippen molar-refractivity contribution in [3.05, 3.63) is 34.4 Å². The van der Waals surface area contributed by atoms with Gasteiger partial charge in [-0.25, -0.2) is 0 Å². The van der Waals surface area contributed by atoms with E-state index in [1.807, 2.05) is 13.8 Å². The molecule has 0 spiro atoms. The molecule has 1 heterocycles. The summed E-state index contributed by atoms with van der Waals surface area (Å²) in [4.78, 5) is 14.9. The average Bonchev–Trinajstić information content (AvgIpc) is 2.37.